The molecule has 2 aromatic carbocycles. The summed E-state index contributed by atoms with van der Waals surface area (Å²) in [5, 5.41) is 13.5. The van der Waals surface area contributed by atoms with Crippen molar-refractivity contribution in [2.45, 2.75) is 50.3 Å². The van der Waals surface area contributed by atoms with Crippen molar-refractivity contribution in [3.05, 3.63) is 71.8 Å². The van der Waals surface area contributed by atoms with Crippen LogP contribution in [0.4, 0.5) is 0 Å². The molecule has 3 heteroatoms. The summed E-state index contributed by atoms with van der Waals surface area (Å²) < 4.78 is 0. The first-order valence-corrected chi connectivity index (χ1v) is 8.88. The van der Waals surface area contributed by atoms with Crippen molar-refractivity contribution in [2.24, 2.45) is 0 Å². The molecule has 1 aliphatic rings. The summed E-state index contributed by atoms with van der Waals surface area (Å²) in [6.45, 7) is 2.20. The van der Waals surface area contributed by atoms with E-state index >= 15 is 0 Å². The average molecular weight is 400 g/mol. The van der Waals surface area contributed by atoms with E-state index in [2.05, 4.69) is 48.3 Å². The Morgan fingerprint density at radius 2 is 1.68 bits per heavy atom. The van der Waals surface area contributed by atoms with Gasteiger partial charge in [0.2, 0.25) is 0 Å². The number of aliphatic hydroxyl groups is 1. The molecular formula is C22H26BrNO. The molecule has 1 aliphatic carbocycles. The molecule has 0 saturated heterocycles. The molecule has 0 radical (unpaired) electrons. The lowest BCUT2D eigenvalue weighted by Gasteiger charge is -2.35. The van der Waals surface area contributed by atoms with E-state index in [-0.39, 0.29) is 23.0 Å². The molecule has 25 heavy (non-hydrogen) atoms. The fourth-order valence-corrected chi connectivity index (χ4v) is 3.51. The predicted molar refractivity (Wildman–Crippen MR) is 97.3 cm³/mol. The van der Waals surface area contributed by atoms with Crippen molar-refractivity contribution in [2.75, 3.05) is 0 Å². The van der Waals surface area contributed by atoms with Crippen LogP contribution in [0.3, 0.4) is 0 Å². The highest BCUT2D eigenvalue weighted by Gasteiger charge is 2.41. The molecule has 0 aliphatic heterocycles. The first-order valence-electron chi connectivity index (χ1n) is 8.88. The summed E-state index contributed by atoms with van der Waals surface area (Å²) >= 11 is 0. The van der Waals surface area contributed by atoms with E-state index in [9.17, 15) is 5.11 Å². The lowest BCUT2D eigenvalue weighted by atomic mass is 9.80. The fourth-order valence-electron chi connectivity index (χ4n) is 3.51. The van der Waals surface area contributed by atoms with Crippen LogP contribution in [-0.2, 0) is 0 Å². The summed E-state index contributed by atoms with van der Waals surface area (Å²) in [7, 11) is 0. The maximum Gasteiger partial charge on any atom is 0.177 e. The minimum Gasteiger partial charge on any atom is -1.00 e. The van der Waals surface area contributed by atoms with Crippen molar-refractivity contribution >= 4 is 0 Å². The van der Waals surface area contributed by atoms with Gasteiger partial charge in [-0.2, -0.15) is 0 Å². The zero-order valence-corrected chi connectivity index (χ0v) is 16.2. The van der Waals surface area contributed by atoms with Gasteiger partial charge in [-0.15, -0.1) is 0 Å². The Labute approximate surface area is 161 Å². The predicted octanol–water partition coefficient (Wildman–Crippen LogP) is 0.0404. The van der Waals surface area contributed by atoms with E-state index in [4.69, 9.17) is 0 Å². The number of benzene rings is 2. The van der Waals surface area contributed by atoms with E-state index in [0.29, 0.717) is 6.04 Å². The minimum absolute atomic E-state index is 0. The van der Waals surface area contributed by atoms with Gasteiger partial charge in [0.1, 0.15) is 12.1 Å². The SMILES string of the molecule is C[C@@H]([NH2+][C@@H]1CCCC[C@]1(O)C#Cc1ccccc1)c1ccccc1.[Br-]. The van der Waals surface area contributed by atoms with Crippen LogP contribution < -0.4 is 22.3 Å². The van der Waals surface area contributed by atoms with Crippen molar-refractivity contribution in [1.29, 1.82) is 0 Å². The molecule has 0 bridgehead atoms. The maximum absolute atomic E-state index is 11.2. The van der Waals surface area contributed by atoms with Crippen LogP contribution in [0.15, 0.2) is 60.7 Å². The summed E-state index contributed by atoms with van der Waals surface area (Å²) in [5.74, 6) is 6.37. The molecule has 0 unspecified atom stereocenters. The van der Waals surface area contributed by atoms with Gasteiger partial charge in [-0.25, -0.2) is 0 Å². The Kier molecular flexibility index (Phi) is 7.25. The third-order valence-electron chi connectivity index (χ3n) is 4.98. The Morgan fingerprint density at radius 3 is 2.36 bits per heavy atom. The van der Waals surface area contributed by atoms with Gasteiger partial charge in [0.05, 0.1) is 0 Å². The maximum atomic E-state index is 11.2. The Morgan fingerprint density at radius 1 is 1.04 bits per heavy atom. The third kappa shape index (κ3) is 5.19. The molecule has 1 fully saturated rings. The van der Waals surface area contributed by atoms with E-state index < -0.39 is 5.60 Å². The molecule has 3 atom stereocenters. The Bertz CT molecular complexity index is 707. The third-order valence-corrected chi connectivity index (χ3v) is 4.98. The first kappa shape index (κ1) is 19.7. The van der Waals surface area contributed by atoms with Crippen LogP contribution >= 0.6 is 0 Å². The largest absolute Gasteiger partial charge is 1.00 e. The van der Waals surface area contributed by atoms with Gasteiger partial charge in [-0.05, 0) is 38.3 Å². The second-order valence-corrected chi connectivity index (χ2v) is 6.78. The number of halogens is 1. The standard InChI is InChI=1S/C22H25NO.BrH/c1-18(20-12-6-3-7-13-20)23-21-14-8-9-16-22(21,24)17-15-19-10-4-2-5-11-19;/h2-7,10-13,18,21,23-24H,8-9,14,16H2,1H3;1H/t18-,21-,22+;/m1./s1. The smallest absolute Gasteiger partial charge is 0.177 e. The molecule has 0 aromatic heterocycles. The van der Waals surface area contributed by atoms with Crippen LogP contribution in [0.2, 0.25) is 0 Å². The summed E-state index contributed by atoms with van der Waals surface area (Å²) in [4.78, 5) is 0. The molecule has 2 nitrogen and oxygen atoms in total. The summed E-state index contributed by atoms with van der Waals surface area (Å²) in [5.41, 5.74) is 1.35. The van der Waals surface area contributed by atoms with Crippen LogP contribution in [0, 0.1) is 11.8 Å². The second-order valence-electron chi connectivity index (χ2n) is 6.78. The second kappa shape index (κ2) is 9.20. The molecular weight excluding hydrogens is 374 g/mol. The molecule has 2 aromatic rings. The lowest BCUT2D eigenvalue weighted by molar-refractivity contribution is -0.737. The molecule has 1 saturated carbocycles. The van der Waals surface area contributed by atoms with Gasteiger partial charge in [-0.3, -0.25) is 0 Å². The first-order chi connectivity index (χ1) is 11.7. The monoisotopic (exact) mass is 399 g/mol. The van der Waals surface area contributed by atoms with Crippen molar-refractivity contribution in [3.63, 3.8) is 0 Å². The number of rotatable bonds is 3. The van der Waals surface area contributed by atoms with E-state index in [1.807, 2.05) is 36.4 Å². The highest BCUT2D eigenvalue weighted by Crippen LogP contribution is 2.27. The van der Waals surface area contributed by atoms with Gasteiger partial charge in [0, 0.05) is 17.5 Å². The van der Waals surface area contributed by atoms with E-state index in [1.165, 1.54) is 5.56 Å². The Balaban J connectivity index is 0.00000225. The van der Waals surface area contributed by atoms with Gasteiger partial charge >= 0.3 is 0 Å². The van der Waals surface area contributed by atoms with Crippen LogP contribution in [0.1, 0.15) is 49.8 Å². The molecule has 0 amide bonds. The topological polar surface area (TPSA) is 36.8 Å². The quantitative estimate of drug-likeness (QED) is 0.702. The van der Waals surface area contributed by atoms with Crippen LogP contribution in [-0.4, -0.2) is 16.7 Å². The molecule has 132 valence electrons. The fraction of sp³-hybridized carbons (Fsp3) is 0.364. The Hall–Kier alpha value is -1.60. The minimum atomic E-state index is -0.906. The lowest BCUT2D eigenvalue weighted by Crippen LogP contribution is -3.00. The van der Waals surface area contributed by atoms with Gasteiger partial charge in [0.25, 0.3) is 0 Å². The zero-order valence-electron chi connectivity index (χ0n) is 14.7. The van der Waals surface area contributed by atoms with Crippen LogP contribution in [0.25, 0.3) is 0 Å². The summed E-state index contributed by atoms with van der Waals surface area (Å²) in [6.07, 6.45) is 3.98. The average Bonchev–Trinajstić information content (AvgIpc) is 2.64. The van der Waals surface area contributed by atoms with Crippen molar-refractivity contribution in [1.82, 2.24) is 0 Å². The van der Waals surface area contributed by atoms with Gasteiger partial charge in [0.15, 0.2) is 5.60 Å². The molecule has 0 heterocycles. The van der Waals surface area contributed by atoms with E-state index in [0.717, 1.165) is 31.2 Å². The summed E-state index contributed by atoms with van der Waals surface area (Å²) in [6, 6.07) is 20.9. The molecule has 3 rings (SSSR count). The zero-order chi connectivity index (χ0) is 16.8. The highest BCUT2D eigenvalue weighted by atomic mass is 79.9. The number of hydrogen-bond donors (Lipinski definition) is 2. The van der Waals surface area contributed by atoms with Crippen molar-refractivity contribution in [3.8, 4) is 11.8 Å². The molecule has 0 spiro atoms. The number of quaternary nitrogens is 1. The number of nitrogens with two attached hydrogens (primary N) is 1. The van der Waals surface area contributed by atoms with Crippen molar-refractivity contribution < 1.29 is 27.4 Å². The normalized spacial score (nSPS) is 23.7. The van der Waals surface area contributed by atoms with E-state index in [1.54, 1.807) is 0 Å². The van der Waals surface area contributed by atoms with Gasteiger partial charge < -0.3 is 27.4 Å². The highest BCUT2D eigenvalue weighted by molar-refractivity contribution is 5.36. The van der Waals surface area contributed by atoms with Gasteiger partial charge in [-0.1, -0.05) is 60.4 Å². The van der Waals surface area contributed by atoms with Crippen LogP contribution in [0.5, 0.6) is 0 Å². The number of hydrogen-bond acceptors (Lipinski definition) is 1. The molecule has 3 N–H and O–H groups in total.